The lowest BCUT2D eigenvalue weighted by molar-refractivity contribution is 0.102. The van der Waals surface area contributed by atoms with Gasteiger partial charge in [-0.3, -0.25) is 14.9 Å². The Hall–Kier alpha value is -2.55. The first-order chi connectivity index (χ1) is 14.1. The molecule has 2 heterocycles. The van der Waals surface area contributed by atoms with E-state index in [1.165, 1.54) is 23.5 Å². The quantitative estimate of drug-likeness (QED) is 0.485. The summed E-state index contributed by atoms with van der Waals surface area (Å²) in [6, 6.07) is 7.76. The van der Waals surface area contributed by atoms with Crippen molar-refractivity contribution in [3.63, 3.8) is 0 Å². The van der Waals surface area contributed by atoms with Gasteiger partial charge in [-0.15, -0.1) is 11.6 Å². The average Bonchev–Trinajstić information content (AvgIpc) is 3.17. The first-order valence-corrected chi connectivity index (χ1v) is 10.3. The van der Waals surface area contributed by atoms with Gasteiger partial charge in [-0.25, -0.2) is 9.37 Å². The zero-order valence-corrected chi connectivity index (χ0v) is 16.9. The van der Waals surface area contributed by atoms with Crippen molar-refractivity contribution in [1.82, 2.24) is 4.98 Å². The number of morpholine rings is 1. The third-order valence-electron chi connectivity index (χ3n) is 4.71. The monoisotopic (exact) mass is 433 g/mol. The normalized spacial score (nSPS) is 14.2. The number of carbonyl (C=O) groups is 2. The Morgan fingerprint density at radius 3 is 2.79 bits per heavy atom. The minimum Gasteiger partial charge on any atom is -0.378 e. The summed E-state index contributed by atoms with van der Waals surface area (Å²) in [6.45, 7) is 2.73. The summed E-state index contributed by atoms with van der Waals surface area (Å²) in [5.74, 6) is -0.982. The molecule has 150 valence electrons. The van der Waals surface area contributed by atoms with Crippen LogP contribution < -0.4 is 10.2 Å². The number of aromatic nitrogens is 1. The van der Waals surface area contributed by atoms with Crippen LogP contribution in [-0.2, 0) is 10.6 Å². The van der Waals surface area contributed by atoms with Crippen LogP contribution in [0.1, 0.15) is 26.3 Å². The zero-order valence-electron chi connectivity index (χ0n) is 15.3. The van der Waals surface area contributed by atoms with Crippen LogP contribution in [0.15, 0.2) is 30.3 Å². The highest BCUT2D eigenvalue weighted by atomic mass is 35.5. The van der Waals surface area contributed by atoms with Crippen LogP contribution in [0.2, 0.25) is 0 Å². The van der Waals surface area contributed by atoms with E-state index in [9.17, 15) is 14.0 Å². The van der Waals surface area contributed by atoms with Gasteiger partial charge in [0.2, 0.25) is 0 Å². The van der Waals surface area contributed by atoms with Gasteiger partial charge in [-0.05, 0) is 24.3 Å². The Labute approximate surface area is 175 Å². The van der Waals surface area contributed by atoms with E-state index in [0.29, 0.717) is 35.0 Å². The van der Waals surface area contributed by atoms with Crippen molar-refractivity contribution in [1.29, 1.82) is 0 Å². The number of anilines is 2. The SMILES string of the molecule is O=Cc1ccc(N2CCOCC2)c2sc(NC(=O)c3ccc(CCl)c(F)c3)nc12. The van der Waals surface area contributed by atoms with Gasteiger partial charge < -0.3 is 9.64 Å². The van der Waals surface area contributed by atoms with Crippen LogP contribution >= 0.6 is 22.9 Å². The van der Waals surface area contributed by atoms with Crippen molar-refractivity contribution in [2.45, 2.75) is 5.88 Å². The van der Waals surface area contributed by atoms with Crippen molar-refractivity contribution in [2.24, 2.45) is 0 Å². The van der Waals surface area contributed by atoms with E-state index in [1.807, 2.05) is 6.07 Å². The summed E-state index contributed by atoms with van der Waals surface area (Å²) < 4.78 is 20.2. The zero-order chi connectivity index (χ0) is 20.4. The van der Waals surface area contributed by atoms with Crippen LogP contribution in [0.4, 0.5) is 15.2 Å². The number of aldehydes is 1. The number of ether oxygens (including phenoxy) is 1. The third-order valence-corrected chi connectivity index (χ3v) is 5.99. The predicted octanol–water partition coefficient (Wildman–Crippen LogP) is 4.08. The number of nitrogens with one attached hydrogen (secondary N) is 1. The van der Waals surface area contributed by atoms with Crippen molar-refractivity contribution >= 4 is 56.2 Å². The number of nitrogens with zero attached hydrogens (tertiary/aromatic N) is 2. The van der Waals surface area contributed by atoms with Crippen molar-refractivity contribution in [3.8, 4) is 0 Å². The number of benzene rings is 2. The molecule has 0 bridgehead atoms. The highest BCUT2D eigenvalue weighted by Gasteiger charge is 2.20. The smallest absolute Gasteiger partial charge is 0.257 e. The van der Waals surface area contributed by atoms with E-state index in [0.717, 1.165) is 35.8 Å². The molecule has 0 unspecified atom stereocenters. The lowest BCUT2D eigenvalue weighted by Crippen LogP contribution is -2.36. The van der Waals surface area contributed by atoms with Crippen LogP contribution in [-0.4, -0.2) is 43.5 Å². The molecule has 1 amide bonds. The molecule has 0 atom stereocenters. The van der Waals surface area contributed by atoms with Crippen molar-refractivity contribution < 1.29 is 18.7 Å². The molecule has 1 N–H and O–H groups in total. The largest absolute Gasteiger partial charge is 0.378 e. The average molecular weight is 434 g/mol. The highest BCUT2D eigenvalue weighted by molar-refractivity contribution is 7.23. The van der Waals surface area contributed by atoms with Gasteiger partial charge in [-0.2, -0.15) is 0 Å². The van der Waals surface area contributed by atoms with E-state index in [-0.39, 0.29) is 11.4 Å². The molecular weight excluding hydrogens is 417 g/mol. The summed E-state index contributed by atoms with van der Waals surface area (Å²) >= 11 is 6.94. The van der Waals surface area contributed by atoms with Gasteiger partial charge in [0.05, 0.1) is 35.0 Å². The molecule has 1 fully saturated rings. The van der Waals surface area contributed by atoms with Gasteiger partial charge in [0.1, 0.15) is 5.82 Å². The number of hydrogen-bond donors (Lipinski definition) is 1. The predicted molar refractivity (Wildman–Crippen MR) is 112 cm³/mol. The van der Waals surface area contributed by atoms with E-state index >= 15 is 0 Å². The Morgan fingerprint density at radius 2 is 2.10 bits per heavy atom. The van der Waals surface area contributed by atoms with Crippen molar-refractivity contribution in [2.75, 3.05) is 36.5 Å². The summed E-state index contributed by atoms with van der Waals surface area (Å²) in [4.78, 5) is 30.6. The summed E-state index contributed by atoms with van der Waals surface area (Å²) in [7, 11) is 0. The maximum atomic E-state index is 13.9. The molecule has 0 spiro atoms. The number of hydrogen-bond acceptors (Lipinski definition) is 6. The van der Waals surface area contributed by atoms with Gasteiger partial charge in [0.25, 0.3) is 5.91 Å². The summed E-state index contributed by atoms with van der Waals surface area (Å²) in [5, 5.41) is 3.05. The van der Waals surface area contributed by atoms with Crippen LogP contribution in [0.3, 0.4) is 0 Å². The Balaban J connectivity index is 1.66. The van der Waals surface area contributed by atoms with E-state index < -0.39 is 11.7 Å². The molecule has 0 saturated carbocycles. The summed E-state index contributed by atoms with van der Waals surface area (Å²) in [6.07, 6.45) is 0.747. The van der Waals surface area contributed by atoms with E-state index in [1.54, 1.807) is 6.07 Å². The number of rotatable bonds is 5. The number of fused-ring (bicyclic) bond motifs is 1. The van der Waals surface area contributed by atoms with Gasteiger partial charge in [0, 0.05) is 29.8 Å². The highest BCUT2D eigenvalue weighted by Crippen LogP contribution is 2.36. The maximum absolute atomic E-state index is 13.9. The molecule has 3 aromatic rings. The summed E-state index contributed by atoms with van der Waals surface area (Å²) in [5.41, 5.74) is 2.43. The first-order valence-electron chi connectivity index (χ1n) is 8.98. The van der Waals surface area contributed by atoms with Crippen LogP contribution in [0.5, 0.6) is 0 Å². The minimum atomic E-state index is -0.533. The Morgan fingerprint density at radius 1 is 1.31 bits per heavy atom. The fraction of sp³-hybridized carbons (Fsp3) is 0.250. The second kappa shape index (κ2) is 8.44. The van der Waals surface area contributed by atoms with Crippen LogP contribution in [0, 0.1) is 5.82 Å². The van der Waals surface area contributed by atoms with Gasteiger partial charge >= 0.3 is 0 Å². The maximum Gasteiger partial charge on any atom is 0.257 e. The third kappa shape index (κ3) is 3.96. The number of alkyl halides is 1. The lowest BCUT2D eigenvalue weighted by atomic mass is 10.1. The molecule has 1 aromatic heterocycles. The fourth-order valence-electron chi connectivity index (χ4n) is 3.18. The second-order valence-corrected chi connectivity index (χ2v) is 7.75. The van der Waals surface area contributed by atoms with Crippen LogP contribution in [0.25, 0.3) is 10.2 Å². The topological polar surface area (TPSA) is 71.5 Å². The molecule has 6 nitrogen and oxygen atoms in total. The number of thiazole rings is 1. The van der Waals surface area contributed by atoms with Crippen molar-refractivity contribution in [3.05, 3.63) is 52.8 Å². The molecule has 1 aliphatic heterocycles. The Kier molecular flexibility index (Phi) is 5.75. The molecule has 2 aromatic carbocycles. The van der Waals surface area contributed by atoms with E-state index in [2.05, 4.69) is 15.2 Å². The molecule has 1 aliphatic rings. The van der Waals surface area contributed by atoms with E-state index in [4.69, 9.17) is 16.3 Å². The molecule has 4 rings (SSSR count). The second-order valence-electron chi connectivity index (χ2n) is 6.48. The lowest BCUT2D eigenvalue weighted by Gasteiger charge is -2.29. The number of carbonyl (C=O) groups excluding carboxylic acids is 2. The van der Waals surface area contributed by atoms with Gasteiger partial charge in [0.15, 0.2) is 11.4 Å². The van der Waals surface area contributed by atoms with Gasteiger partial charge in [-0.1, -0.05) is 17.4 Å². The molecule has 0 aliphatic carbocycles. The molecule has 9 heteroatoms. The molecule has 29 heavy (non-hydrogen) atoms. The molecule has 1 saturated heterocycles. The number of halogens is 2. The molecule has 0 radical (unpaired) electrons. The molecular formula is C20H17ClFN3O3S. The first kappa shape index (κ1) is 19.8. The minimum absolute atomic E-state index is 0.0321. The number of amides is 1. The standard InChI is InChI=1S/C20H17ClFN3O3S/c21-10-13-2-1-12(9-15(13)22)19(27)24-20-23-17-14(11-26)3-4-16(18(17)29-20)25-5-7-28-8-6-25/h1-4,9,11H,5-8,10H2,(H,23,24,27). The Bertz CT molecular complexity index is 1080. The fourth-order valence-corrected chi connectivity index (χ4v) is 4.43.